The molecule has 3 N–H and O–H groups in total. The van der Waals surface area contributed by atoms with Gasteiger partial charge < -0.3 is 11.1 Å². The summed E-state index contributed by atoms with van der Waals surface area (Å²) in [5.41, 5.74) is 8.00. The summed E-state index contributed by atoms with van der Waals surface area (Å²) < 4.78 is 0. The summed E-state index contributed by atoms with van der Waals surface area (Å²) in [7, 11) is 0. The lowest BCUT2D eigenvalue weighted by Crippen LogP contribution is -2.22. The van der Waals surface area contributed by atoms with E-state index in [1.165, 1.54) is 10.4 Å². The Hall–Kier alpha value is -1.88. The van der Waals surface area contributed by atoms with E-state index in [1.807, 2.05) is 37.4 Å². The van der Waals surface area contributed by atoms with Crippen molar-refractivity contribution in [1.82, 2.24) is 4.98 Å². The van der Waals surface area contributed by atoms with Crippen LogP contribution < -0.4 is 11.1 Å². The molecule has 1 aromatic heterocycles. The van der Waals surface area contributed by atoms with E-state index in [0.29, 0.717) is 12.5 Å². The topological polar surface area (TPSA) is 63.3 Å². The average Bonchev–Trinajstić information content (AvgIpc) is 2.84. The van der Waals surface area contributed by atoms with Gasteiger partial charge in [-0.15, -0.1) is 11.3 Å². The van der Waals surface area contributed by atoms with Crippen LogP contribution in [0.1, 0.15) is 22.4 Å². The monoisotopic (exact) mass is 274 g/mol. The smallest absolute Gasteiger partial charge is 0.193 e. The van der Waals surface area contributed by atoms with Crippen LogP contribution in [0.4, 0.5) is 5.69 Å². The highest BCUT2D eigenvalue weighted by atomic mass is 32.1. The number of nitrogens with zero attached hydrogens (tertiary/aromatic N) is 2. The van der Waals surface area contributed by atoms with E-state index < -0.39 is 0 Å². The Balaban J connectivity index is 1.95. The van der Waals surface area contributed by atoms with Crippen molar-refractivity contribution in [3.8, 4) is 0 Å². The lowest BCUT2D eigenvalue weighted by Gasteiger charge is -2.05. The van der Waals surface area contributed by atoms with Crippen molar-refractivity contribution in [1.29, 1.82) is 0 Å². The van der Waals surface area contributed by atoms with Crippen LogP contribution in [0.5, 0.6) is 0 Å². The zero-order valence-electron chi connectivity index (χ0n) is 11.2. The van der Waals surface area contributed by atoms with Crippen LogP contribution in [0, 0.1) is 6.92 Å². The van der Waals surface area contributed by atoms with Crippen LogP contribution >= 0.6 is 11.3 Å². The maximum atomic E-state index is 5.86. The van der Waals surface area contributed by atoms with Crippen LogP contribution in [0.15, 0.2) is 35.5 Å². The fourth-order valence-corrected chi connectivity index (χ4v) is 2.43. The molecule has 5 heteroatoms. The molecule has 2 aromatic rings. The summed E-state index contributed by atoms with van der Waals surface area (Å²) in [6.45, 7) is 4.68. The van der Waals surface area contributed by atoms with Gasteiger partial charge in [0.1, 0.15) is 5.01 Å². The maximum absolute atomic E-state index is 5.86. The second-order valence-corrected chi connectivity index (χ2v) is 5.47. The third kappa shape index (κ3) is 4.06. The van der Waals surface area contributed by atoms with Crippen molar-refractivity contribution in [3.63, 3.8) is 0 Å². The maximum Gasteiger partial charge on any atom is 0.193 e. The number of benzene rings is 1. The van der Waals surface area contributed by atoms with Gasteiger partial charge >= 0.3 is 0 Å². The lowest BCUT2D eigenvalue weighted by atomic mass is 10.2. The molecule has 0 aliphatic heterocycles. The number of guanidine groups is 1. The first-order valence-electron chi connectivity index (χ1n) is 6.24. The molecule has 0 saturated carbocycles. The predicted octanol–water partition coefficient (Wildman–Crippen LogP) is 2.94. The first-order valence-corrected chi connectivity index (χ1v) is 7.06. The molecule has 0 bridgehead atoms. The van der Waals surface area contributed by atoms with Gasteiger partial charge in [-0.2, -0.15) is 0 Å². The van der Waals surface area contributed by atoms with Crippen LogP contribution in [0.25, 0.3) is 0 Å². The van der Waals surface area contributed by atoms with E-state index in [1.54, 1.807) is 11.3 Å². The van der Waals surface area contributed by atoms with E-state index >= 15 is 0 Å². The molecule has 1 heterocycles. The van der Waals surface area contributed by atoms with Crippen molar-refractivity contribution < 1.29 is 0 Å². The molecule has 19 heavy (non-hydrogen) atoms. The molecular formula is C14H18N4S. The predicted molar refractivity (Wildman–Crippen MR) is 81.6 cm³/mol. The fourth-order valence-electron chi connectivity index (χ4n) is 1.65. The van der Waals surface area contributed by atoms with Gasteiger partial charge in [0, 0.05) is 16.8 Å². The van der Waals surface area contributed by atoms with Crippen molar-refractivity contribution in [2.45, 2.75) is 26.8 Å². The standard InChI is InChI=1S/C14H18N4S/c1-3-12-8-16-13(19-12)9-17-14(15)18-11-6-4-5-10(2)7-11/h4-8H,3,9H2,1-2H3,(H3,15,17,18). The molecule has 0 amide bonds. The highest BCUT2D eigenvalue weighted by Crippen LogP contribution is 2.14. The van der Waals surface area contributed by atoms with Gasteiger partial charge in [0.25, 0.3) is 0 Å². The third-order valence-electron chi connectivity index (χ3n) is 2.63. The number of hydrogen-bond acceptors (Lipinski definition) is 3. The van der Waals surface area contributed by atoms with Gasteiger partial charge in [-0.05, 0) is 31.0 Å². The number of rotatable bonds is 4. The molecule has 100 valence electrons. The Morgan fingerprint density at radius 3 is 3.00 bits per heavy atom. The summed E-state index contributed by atoms with van der Waals surface area (Å²) in [5, 5.41) is 4.07. The van der Waals surface area contributed by atoms with Crippen LogP contribution in [0.2, 0.25) is 0 Å². The highest BCUT2D eigenvalue weighted by Gasteiger charge is 2.00. The van der Waals surface area contributed by atoms with E-state index in [2.05, 4.69) is 22.2 Å². The van der Waals surface area contributed by atoms with Crippen LogP contribution in [-0.4, -0.2) is 10.9 Å². The first-order chi connectivity index (χ1) is 9.17. The summed E-state index contributed by atoms with van der Waals surface area (Å²) in [6, 6.07) is 8.02. The third-order valence-corrected chi connectivity index (χ3v) is 3.75. The Morgan fingerprint density at radius 2 is 2.32 bits per heavy atom. The van der Waals surface area contributed by atoms with Crippen molar-refractivity contribution in [3.05, 3.63) is 45.9 Å². The molecular weight excluding hydrogens is 256 g/mol. The second-order valence-electron chi connectivity index (χ2n) is 4.27. The van der Waals surface area contributed by atoms with Crippen LogP contribution in [0.3, 0.4) is 0 Å². The largest absolute Gasteiger partial charge is 0.370 e. The number of aliphatic imine (C=N–C) groups is 1. The Bertz CT molecular complexity index is 574. The zero-order chi connectivity index (χ0) is 13.7. The molecule has 0 spiro atoms. The van der Waals surface area contributed by atoms with Gasteiger partial charge in [0.05, 0.1) is 6.54 Å². The Labute approximate surface area is 117 Å². The number of thiazole rings is 1. The van der Waals surface area contributed by atoms with Gasteiger partial charge in [-0.1, -0.05) is 19.1 Å². The summed E-state index contributed by atoms with van der Waals surface area (Å²) in [5.74, 6) is 0.416. The normalized spacial score (nSPS) is 11.6. The highest BCUT2D eigenvalue weighted by molar-refractivity contribution is 7.11. The minimum absolute atomic E-state index is 0.416. The molecule has 0 saturated heterocycles. The van der Waals surface area contributed by atoms with Crippen molar-refractivity contribution >= 4 is 23.0 Å². The molecule has 2 rings (SSSR count). The van der Waals surface area contributed by atoms with Crippen molar-refractivity contribution in [2.75, 3.05) is 5.32 Å². The molecule has 0 atom stereocenters. The quantitative estimate of drug-likeness (QED) is 0.665. The minimum atomic E-state index is 0.416. The van der Waals surface area contributed by atoms with Gasteiger partial charge in [-0.25, -0.2) is 9.98 Å². The van der Waals surface area contributed by atoms with Gasteiger partial charge in [0.15, 0.2) is 5.96 Å². The van der Waals surface area contributed by atoms with E-state index in [-0.39, 0.29) is 0 Å². The first kappa shape index (κ1) is 13.5. The van der Waals surface area contributed by atoms with E-state index in [4.69, 9.17) is 5.73 Å². The number of hydrogen-bond donors (Lipinski definition) is 2. The molecule has 4 nitrogen and oxygen atoms in total. The molecule has 0 fully saturated rings. The average molecular weight is 274 g/mol. The van der Waals surface area contributed by atoms with Gasteiger partial charge in [0.2, 0.25) is 0 Å². The number of nitrogens with two attached hydrogens (primary N) is 1. The summed E-state index contributed by atoms with van der Waals surface area (Å²) in [4.78, 5) is 9.88. The lowest BCUT2D eigenvalue weighted by molar-refractivity contribution is 1.03. The summed E-state index contributed by atoms with van der Waals surface area (Å²) in [6.07, 6.45) is 2.91. The van der Waals surface area contributed by atoms with Crippen molar-refractivity contribution in [2.24, 2.45) is 10.7 Å². The molecule has 1 aromatic carbocycles. The summed E-state index contributed by atoms with van der Waals surface area (Å²) >= 11 is 1.68. The van der Waals surface area contributed by atoms with Crippen LogP contribution in [-0.2, 0) is 13.0 Å². The fraction of sp³-hybridized carbons (Fsp3) is 0.286. The Kier molecular flexibility index (Phi) is 4.52. The number of aryl methyl sites for hydroxylation is 2. The molecule has 0 aliphatic rings. The molecule has 0 radical (unpaired) electrons. The Morgan fingerprint density at radius 1 is 1.47 bits per heavy atom. The number of nitrogens with one attached hydrogen (secondary N) is 1. The van der Waals surface area contributed by atoms with E-state index in [9.17, 15) is 0 Å². The molecule has 0 unspecified atom stereocenters. The minimum Gasteiger partial charge on any atom is -0.370 e. The number of anilines is 1. The van der Waals surface area contributed by atoms with E-state index in [0.717, 1.165) is 17.1 Å². The second kappa shape index (κ2) is 6.33. The zero-order valence-corrected chi connectivity index (χ0v) is 12.0. The molecule has 0 aliphatic carbocycles. The number of aromatic nitrogens is 1. The SMILES string of the molecule is CCc1cnc(CN=C(N)Nc2cccc(C)c2)s1. The van der Waals surface area contributed by atoms with Gasteiger partial charge in [-0.3, -0.25) is 0 Å².